The van der Waals surface area contributed by atoms with Gasteiger partial charge in [-0.2, -0.15) is 0 Å². The van der Waals surface area contributed by atoms with Crippen LogP contribution in [-0.4, -0.2) is 128 Å². The standard InChI is InChI=1S/C36H48N4O24/c1-25(63-34(46)24-62-40(53)54)35(47)64-27-14-12-26(13-15-27)20-28(37-29(41)10-4-2-7-18-60-38(49)50)36(48)59-23-33(45)58-22-32(44)57-21-31(43)56-16-6-3-5-11-30(42)55-17-8-9-19-61-39(51)52/h12-15,25,28H,2-11,16-24H2,1H3,(H,37,41). The number of hydrogen-bond acceptors (Lipinski definition) is 24. The van der Waals surface area contributed by atoms with Gasteiger partial charge < -0.3 is 53.0 Å². The van der Waals surface area contributed by atoms with Crippen molar-refractivity contribution < 1.29 is 101 Å². The van der Waals surface area contributed by atoms with E-state index in [1.165, 1.54) is 24.3 Å². The van der Waals surface area contributed by atoms with Crippen LogP contribution < -0.4 is 10.1 Å². The molecule has 0 saturated heterocycles. The number of ether oxygens (including phenoxy) is 7. The van der Waals surface area contributed by atoms with Gasteiger partial charge in [0.1, 0.15) is 11.8 Å². The average molecular weight is 921 g/mol. The van der Waals surface area contributed by atoms with Crippen LogP contribution in [0.2, 0.25) is 0 Å². The van der Waals surface area contributed by atoms with Crippen molar-refractivity contribution in [1.29, 1.82) is 0 Å². The summed E-state index contributed by atoms with van der Waals surface area (Å²) < 4.78 is 34.1. The Kier molecular flexibility index (Phi) is 27.6. The lowest BCUT2D eigenvalue weighted by molar-refractivity contribution is -0.757. The fourth-order valence-electron chi connectivity index (χ4n) is 4.65. The molecule has 0 fully saturated rings. The predicted octanol–water partition coefficient (Wildman–Crippen LogP) is 0.793. The molecule has 1 N–H and O–H groups in total. The molecule has 0 bridgehead atoms. The van der Waals surface area contributed by atoms with Gasteiger partial charge >= 0.3 is 41.8 Å². The van der Waals surface area contributed by atoms with E-state index in [9.17, 15) is 68.7 Å². The molecule has 0 aromatic heterocycles. The van der Waals surface area contributed by atoms with Gasteiger partial charge in [-0.1, -0.05) is 18.6 Å². The third-order valence-corrected chi connectivity index (χ3v) is 7.70. The Balaban J connectivity index is 2.55. The number of amides is 1. The van der Waals surface area contributed by atoms with E-state index in [0.29, 0.717) is 44.1 Å². The highest BCUT2D eigenvalue weighted by molar-refractivity contribution is 5.86. The van der Waals surface area contributed by atoms with Gasteiger partial charge in [-0.3, -0.25) is 9.59 Å². The summed E-state index contributed by atoms with van der Waals surface area (Å²) in [5.74, 6) is -7.70. The lowest BCUT2D eigenvalue weighted by atomic mass is 10.1. The van der Waals surface area contributed by atoms with Gasteiger partial charge in [0.15, 0.2) is 32.5 Å². The van der Waals surface area contributed by atoms with Crippen molar-refractivity contribution in [3.05, 3.63) is 60.2 Å². The molecular weight excluding hydrogens is 872 g/mol. The number of benzene rings is 1. The minimum absolute atomic E-state index is 0.0403. The Morgan fingerprint density at radius 3 is 1.59 bits per heavy atom. The summed E-state index contributed by atoms with van der Waals surface area (Å²) in [5.41, 5.74) is 0.381. The first-order chi connectivity index (χ1) is 30.4. The van der Waals surface area contributed by atoms with Gasteiger partial charge in [0.05, 0.1) is 26.4 Å². The third-order valence-electron chi connectivity index (χ3n) is 7.70. The fraction of sp³-hybridized carbons (Fsp3) is 0.611. The zero-order valence-electron chi connectivity index (χ0n) is 34.5. The topological polar surface area (TPSA) is 370 Å². The highest BCUT2D eigenvalue weighted by Gasteiger charge is 2.25. The van der Waals surface area contributed by atoms with Crippen molar-refractivity contribution in [3.63, 3.8) is 0 Å². The van der Waals surface area contributed by atoms with Crippen LogP contribution >= 0.6 is 0 Å². The van der Waals surface area contributed by atoms with Crippen LogP contribution in [0.1, 0.15) is 76.7 Å². The van der Waals surface area contributed by atoms with Crippen LogP contribution in [-0.2, 0) is 87.7 Å². The summed E-state index contributed by atoms with van der Waals surface area (Å²) >= 11 is 0. The maximum Gasteiger partial charge on any atom is 0.352 e. The van der Waals surface area contributed by atoms with Gasteiger partial charge in [-0.15, -0.1) is 30.3 Å². The second kappa shape index (κ2) is 32.3. The predicted molar refractivity (Wildman–Crippen MR) is 203 cm³/mol. The molecule has 1 amide bonds. The van der Waals surface area contributed by atoms with Crippen LogP contribution in [0.3, 0.4) is 0 Å². The summed E-state index contributed by atoms with van der Waals surface area (Å²) in [4.78, 5) is 140. The summed E-state index contributed by atoms with van der Waals surface area (Å²) in [6.45, 7) is -2.91. The number of nitrogens with one attached hydrogen (secondary N) is 1. The van der Waals surface area contributed by atoms with E-state index in [0.717, 1.165) is 6.92 Å². The Morgan fingerprint density at radius 2 is 1.02 bits per heavy atom. The second-order valence-electron chi connectivity index (χ2n) is 12.8. The zero-order valence-corrected chi connectivity index (χ0v) is 34.5. The van der Waals surface area contributed by atoms with E-state index in [2.05, 4.69) is 19.8 Å². The van der Waals surface area contributed by atoms with E-state index in [1.54, 1.807) is 0 Å². The lowest BCUT2D eigenvalue weighted by Crippen LogP contribution is -2.44. The van der Waals surface area contributed by atoms with Crippen molar-refractivity contribution in [2.45, 2.75) is 89.7 Å². The minimum atomic E-state index is -1.47. The van der Waals surface area contributed by atoms with Gasteiger partial charge in [0.25, 0.3) is 15.3 Å². The number of rotatable bonds is 35. The van der Waals surface area contributed by atoms with Crippen LogP contribution in [0.15, 0.2) is 24.3 Å². The third kappa shape index (κ3) is 28.9. The average Bonchev–Trinajstić information content (AvgIpc) is 3.24. The maximum atomic E-state index is 13.0. The fourth-order valence-corrected chi connectivity index (χ4v) is 4.65. The SMILES string of the molecule is CC(OC(=O)CO[N+](=O)[O-])C(=O)Oc1ccc(CC(NC(=O)CCCCCO[N+](=O)[O-])C(=O)OCC(=O)OCC(=O)OCC(=O)OCCCCCC(=O)OCCCCO[N+](=O)[O-])cc1. The number of unbranched alkanes of at least 4 members (excludes halogenated alkanes) is 5. The molecule has 2 unspecified atom stereocenters. The minimum Gasteiger partial charge on any atom is -0.466 e. The Labute approximate surface area is 362 Å². The summed E-state index contributed by atoms with van der Waals surface area (Å²) in [7, 11) is 0. The summed E-state index contributed by atoms with van der Waals surface area (Å²) in [5, 5.41) is 30.0. The van der Waals surface area contributed by atoms with Gasteiger partial charge in [0.2, 0.25) is 5.91 Å². The van der Waals surface area contributed by atoms with Gasteiger partial charge in [0, 0.05) is 19.3 Å². The first-order valence-electron chi connectivity index (χ1n) is 19.4. The Morgan fingerprint density at radius 1 is 0.531 bits per heavy atom. The quantitative estimate of drug-likeness (QED) is 0.0245. The highest BCUT2D eigenvalue weighted by atomic mass is 17.0. The molecule has 0 spiro atoms. The van der Waals surface area contributed by atoms with Gasteiger partial charge in [-0.05, 0) is 69.6 Å². The van der Waals surface area contributed by atoms with Crippen LogP contribution in [0.4, 0.5) is 0 Å². The Hall–Kier alpha value is -7.42. The van der Waals surface area contributed by atoms with Crippen molar-refractivity contribution in [2.24, 2.45) is 0 Å². The van der Waals surface area contributed by atoms with Crippen molar-refractivity contribution in [1.82, 2.24) is 5.32 Å². The number of carbonyl (C=O) groups is 8. The number of esters is 7. The second-order valence-corrected chi connectivity index (χ2v) is 12.8. The van der Waals surface area contributed by atoms with Gasteiger partial charge in [-0.25, -0.2) is 28.8 Å². The number of hydrogen-bond donors (Lipinski definition) is 1. The van der Waals surface area contributed by atoms with E-state index in [1.807, 2.05) is 0 Å². The van der Waals surface area contributed by atoms with Crippen molar-refractivity contribution in [2.75, 3.05) is 52.9 Å². The molecular formula is C36H48N4O24. The Bertz CT molecular complexity index is 1720. The van der Waals surface area contributed by atoms with Crippen LogP contribution in [0, 0.1) is 30.3 Å². The van der Waals surface area contributed by atoms with E-state index < -0.39 is 102 Å². The molecule has 1 aromatic rings. The summed E-state index contributed by atoms with van der Waals surface area (Å²) in [6, 6.07) is 4.00. The molecule has 0 heterocycles. The van der Waals surface area contributed by atoms with Crippen molar-refractivity contribution >= 4 is 47.7 Å². The van der Waals surface area contributed by atoms with Crippen LogP contribution in [0.5, 0.6) is 5.75 Å². The van der Waals surface area contributed by atoms with Crippen LogP contribution in [0.25, 0.3) is 0 Å². The molecule has 0 saturated carbocycles. The summed E-state index contributed by atoms with van der Waals surface area (Å²) in [6.07, 6.45) is 1.29. The smallest absolute Gasteiger partial charge is 0.352 e. The zero-order chi connectivity index (χ0) is 47.7. The molecule has 0 aliphatic heterocycles. The molecule has 0 radical (unpaired) electrons. The van der Waals surface area contributed by atoms with E-state index in [-0.39, 0.29) is 64.3 Å². The monoisotopic (exact) mass is 920 g/mol. The molecule has 0 aliphatic rings. The number of nitrogens with zero attached hydrogens (tertiary/aromatic N) is 3. The molecule has 64 heavy (non-hydrogen) atoms. The molecule has 0 aliphatic carbocycles. The highest BCUT2D eigenvalue weighted by Crippen LogP contribution is 2.16. The first kappa shape index (κ1) is 54.6. The molecule has 28 nitrogen and oxygen atoms in total. The molecule has 28 heteroatoms. The maximum absolute atomic E-state index is 13.0. The largest absolute Gasteiger partial charge is 0.466 e. The molecule has 2 atom stereocenters. The molecule has 1 rings (SSSR count). The lowest BCUT2D eigenvalue weighted by Gasteiger charge is -2.18. The van der Waals surface area contributed by atoms with Crippen molar-refractivity contribution in [3.8, 4) is 5.75 Å². The normalized spacial score (nSPS) is 11.3. The van der Waals surface area contributed by atoms with E-state index in [4.69, 9.17) is 33.2 Å². The molecule has 356 valence electrons. The molecule has 1 aromatic carbocycles. The number of carbonyl (C=O) groups excluding carboxylic acids is 8. The van der Waals surface area contributed by atoms with E-state index >= 15 is 0 Å². The first-order valence-corrected chi connectivity index (χ1v) is 19.4.